The zero-order chi connectivity index (χ0) is 19.9. The lowest BCUT2D eigenvalue weighted by Gasteiger charge is -2.14. The van der Waals surface area contributed by atoms with Crippen LogP contribution in [0.1, 0.15) is 20.7 Å². The summed E-state index contributed by atoms with van der Waals surface area (Å²) in [6.45, 7) is 0. The minimum Gasteiger partial charge on any atom is -0.465 e. The maximum absolute atomic E-state index is 11.5. The Hall–Kier alpha value is -3.80. The van der Waals surface area contributed by atoms with Gasteiger partial charge in [-0.15, -0.1) is 0 Å². The van der Waals surface area contributed by atoms with E-state index in [-0.39, 0.29) is 11.9 Å². The Kier molecular flexibility index (Phi) is 5.91. The number of benzene rings is 3. The number of hydrogen-bond donors (Lipinski definition) is 2. The van der Waals surface area contributed by atoms with Gasteiger partial charge < -0.3 is 20.1 Å². The lowest BCUT2D eigenvalue weighted by molar-refractivity contribution is 0.0592. The predicted molar refractivity (Wildman–Crippen MR) is 109 cm³/mol. The topological polar surface area (TPSA) is 76.7 Å². The molecule has 6 heteroatoms. The summed E-state index contributed by atoms with van der Waals surface area (Å²) in [6.07, 6.45) is 0. The van der Waals surface area contributed by atoms with Crippen LogP contribution in [0.2, 0.25) is 0 Å². The van der Waals surface area contributed by atoms with Crippen LogP contribution in [-0.2, 0) is 9.47 Å². The summed E-state index contributed by atoms with van der Waals surface area (Å²) in [6, 6.07) is 21.8. The molecule has 142 valence electrons. The smallest absolute Gasteiger partial charge is 0.337 e. The molecule has 0 heterocycles. The SMILES string of the molecule is COC(=O)c1ccc(Nc2ccccc2Nc2ccc(C(=O)OC)cc2)cc1. The third-order valence-electron chi connectivity index (χ3n) is 4.10. The summed E-state index contributed by atoms with van der Waals surface area (Å²) >= 11 is 0. The Bertz CT molecular complexity index is 886. The number of nitrogens with one attached hydrogen (secondary N) is 2. The Balaban J connectivity index is 1.76. The van der Waals surface area contributed by atoms with Crippen LogP contribution in [0.25, 0.3) is 0 Å². The molecule has 3 aromatic carbocycles. The zero-order valence-electron chi connectivity index (χ0n) is 15.6. The minimum atomic E-state index is -0.371. The van der Waals surface area contributed by atoms with Crippen LogP contribution in [0, 0.1) is 0 Å². The molecule has 3 aromatic rings. The number of para-hydroxylation sites is 2. The second-order valence-corrected chi connectivity index (χ2v) is 5.93. The average Bonchev–Trinajstić information content (AvgIpc) is 2.75. The van der Waals surface area contributed by atoms with Gasteiger partial charge in [-0.2, -0.15) is 0 Å². The summed E-state index contributed by atoms with van der Waals surface area (Å²) in [5.74, 6) is -0.743. The molecular formula is C22H20N2O4. The first-order valence-electron chi connectivity index (χ1n) is 8.60. The number of anilines is 4. The highest BCUT2D eigenvalue weighted by Crippen LogP contribution is 2.28. The van der Waals surface area contributed by atoms with E-state index in [9.17, 15) is 9.59 Å². The summed E-state index contributed by atoms with van der Waals surface area (Å²) < 4.78 is 9.42. The maximum atomic E-state index is 11.5. The highest BCUT2D eigenvalue weighted by atomic mass is 16.5. The van der Waals surface area contributed by atoms with Gasteiger partial charge in [0.15, 0.2) is 0 Å². The maximum Gasteiger partial charge on any atom is 0.337 e. The van der Waals surface area contributed by atoms with E-state index in [2.05, 4.69) is 10.6 Å². The molecule has 0 aliphatic carbocycles. The molecular weight excluding hydrogens is 356 g/mol. The standard InChI is InChI=1S/C22H20N2O4/c1-27-21(25)15-7-11-17(12-8-15)23-19-5-3-4-6-20(19)24-18-13-9-16(10-14-18)22(26)28-2/h3-14,23-24H,1-2H3. The molecule has 0 saturated heterocycles. The van der Waals surface area contributed by atoms with Crippen LogP contribution >= 0.6 is 0 Å². The first-order chi connectivity index (χ1) is 13.6. The molecule has 0 fully saturated rings. The van der Waals surface area contributed by atoms with Crippen LogP contribution < -0.4 is 10.6 Å². The molecule has 0 radical (unpaired) electrons. The van der Waals surface area contributed by atoms with E-state index < -0.39 is 0 Å². The van der Waals surface area contributed by atoms with E-state index in [4.69, 9.17) is 9.47 Å². The highest BCUT2D eigenvalue weighted by molar-refractivity contribution is 5.90. The van der Waals surface area contributed by atoms with Gasteiger partial charge in [-0.25, -0.2) is 9.59 Å². The molecule has 0 amide bonds. The Morgan fingerprint density at radius 2 is 0.964 bits per heavy atom. The quantitative estimate of drug-likeness (QED) is 0.605. The first kappa shape index (κ1) is 19.0. The fraction of sp³-hybridized carbons (Fsp3) is 0.0909. The van der Waals surface area contributed by atoms with Crippen LogP contribution in [0.3, 0.4) is 0 Å². The molecule has 2 N–H and O–H groups in total. The average molecular weight is 376 g/mol. The number of carbonyl (C=O) groups excluding carboxylic acids is 2. The van der Waals surface area contributed by atoms with Crippen molar-refractivity contribution in [2.24, 2.45) is 0 Å². The minimum absolute atomic E-state index is 0.371. The van der Waals surface area contributed by atoms with E-state index in [0.29, 0.717) is 11.1 Å². The molecule has 0 aliphatic rings. The summed E-state index contributed by atoms with van der Waals surface area (Å²) in [5.41, 5.74) is 4.39. The largest absolute Gasteiger partial charge is 0.465 e. The van der Waals surface area contributed by atoms with E-state index in [1.165, 1.54) is 14.2 Å². The molecule has 0 unspecified atom stereocenters. The monoisotopic (exact) mass is 376 g/mol. The second kappa shape index (κ2) is 8.73. The summed E-state index contributed by atoms with van der Waals surface area (Å²) in [5, 5.41) is 6.65. The number of hydrogen-bond acceptors (Lipinski definition) is 6. The highest BCUT2D eigenvalue weighted by Gasteiger charge is 2.08. The summed E-state index contributed by atoms with van der Waals surface area (Å²) in [4.78, 5) is 23.1. The van der Waals surface area contributed by atoms with Crippen molar-refractivity contribution < 1.29 is 19.1 Å². The zero-order valence-corrected chi connectivity index (χ0v) is 15.6. The number of carbonyl (C=O) groups is 2. The van der Waals surface area contributed by atoms with Crippen molar-refractivity contribution >= 4 is 34.7 Å². The molecule has 6 nitrogen and oxygen atoms in total. The first-order valence-corrected chi connectivity index (χ1v) is 8.60. The molecule has 0 aromatic heterocycles. The summed E-state index contributed by atoms with van der Waals surface area (Å²) in [7, 11) is 2.71. The molecule has 0 spiro atoms. The lowest BCUT2D eigenvalue weighted by Crippen LogP contribution is -2.02. The van der Waals surface area contributed by atoms with Gasteiger partial charge in [-0.05, 0) is 60.7 Å². The predicted octanol–water partition coefficient (Wildman–Crippen LogP) is 4.75. The molecule has 0 aliphatic heterocycles. The third-order valence-corrected chi connectivity index (χ3v) is 4.10. The number of esters is 2. The number of ether oxygens (including phenoxy) is 2. The van der Waals surface area contributed by atoms with Gasteiger partial charge >= 0.3 is 11.9 Å². The van der Waals surface area contributed by atoms with Gasteiger partial charge in [0.05, 0.1) is 36.7 Å². The van der Waals surface area contributed by atoms with Crippen LogP contribution in [0.5, 0.6) is 0 Å². The van der Waals surface area contributed by atoms with Crippen LogP contribution in [0.15, 0.2) is 72.8 Å². The van der Waals surface area contributed by atoms with Crippen molar-refractivity contribution in [3.8, 4) is 0 Å². The van der Waals surface area contributed by atoms with E-state index in [1.54, 1.807) is 24.3 Å². The van der Waals surface area contributed by atoms with E-state index in [0.717, 1.165) is 22.7 Å². The van der Waals surface area contributed by atoms with Gasteiger partial charge in [-0.3, -0.25) is 0 Å². The van der Waals surface area contributed by atoms with Gasteiger partial charge in [0.25, 0.3) is 0 Å². The van der Waals surface area contributed by atoms with Crippen molar-refractivity contribution in [1.29, 1.82) is 0 Å². The van der Waals surface area contributed by atoms with Gasteiger partial charge in [0.2, 0.25) is 0 Å². The molecule has 0 bridgehead atoms. The van der Waals surface area contributed by atoms with Crippen molar-refractivity contribution in [3.05, 3.63) is 83.9 Å². The number of rotatable bonds is 6. The van der Waals surface area contributed by atoms with Crippen molar-refractivity contribution in [3.63, 3.8) is 0 Å². The van der Waals surface area contributed by atoms with Crippen molar-refractivity contribution in [1.82, 2.24) is 0 Å². The second-order valence-electron chi connectivity index (χ2n) is 5.93. The Labute approximate surface area is 163 Å². The Morgan fingerprint density at radius 3 is 1.29 bits per heavy atom. The van der Waals surface area contributed by atoms with Gasteiger partial charge in [0, 0.05) is 11.4 Å². The normalized spacial score (nSPS) is 10.1. The lowest BCUT2D eigenvalue weighted by atomic mass is 10.2. The van der Waals surface area contributed by atoms with E-state index >= 15 is 0 Å². The van der Waals surface area contributed by atoms with Crippen LogP contribution in [-0.4, -0.2) is 26.2 Å². The van der Waals surface area contributed by atoms with Crippen molar-refractivity contribution in [2.45, 2.75) is 0 Å². The van der Waals surface area contributed by atoms with Gasteiger partial charge in [0.1, 0.15) is 0 Å². The number of methoxy groups -OCH3 is 2. The Morgan fingerprint density at radius 1 is 0.607 bits per heavy atom. The molecule has 28 heavy (non-hydrogen) atoms. The molecule has 0 saturated carbocycles. The molecule has 3 rings (SSSR count). The fourth-order valence-corrected chi connectivity index (χ4v) is 2.63. The van der Waals surface area contributed by atoms with Crippen LogP contribution in [0.4, 0.5) is 22.7 Å². The molecule has 0 atom stereocenters. The third kappa shape index (κ3) is 4.48. The van der Waals surface area contributed by atoms with Gasteiger partial charge in [-0.1, -0.05) is 12.1 Å². The van der Waals surface area contributed by atoms with Crippen molar-refractivity contribution in [2.75, 3.05) is 24.9 Å². The fourth-order valence-electron chi connectivity index (χ4n) is 2.63. The van der Waals surface area contributed by atoms with E-state index in [1.807, 2.05) is 48.5 Å².